The Hall–Kier alpha value is -1.10. The Bertz CT molecular complexity index is 308. The van der Waals surface area contributed by atoms with Crippen LogP contribution in [0.3, 0.4) is 0 Å². The Morgan fingerprint density at radius 2 is 1.94 bits per heavy atom. The second-order valence-corrected chi connectivity index (χ2v) is 4.85. The van der Waals surface area contributed by atoms with Crippen LogP contribution < -0.4 is 5.32 Å². The predicted molar refractivity (Wildman–Crippen MR) is 57.8 cm³/mol. The Labute approximate surface area is 95.1 Å². The molecular weight excluding hydrogens is 208 g/mol. The minimum absolute atomic E-state index is 0.0483. The van der Waals surface area contributed by atoms with Gasteiger partial charge in [0, 0.05) is 18.9 Å². The van der Waals surface area contributed by atoms with Crippen LogP contribution in [0, 0.1) is 0 Å². The number of ether oxygens (including phenoxy) is 1. The Morgan fingerprint density at radius 3 is 2.50 bits per heavy atom. The molecule has 0 aliphatic carbocycles. The zero-order chi connectivity index (χ0) is 11.8. The molecule has 0 aromatic heterocycles. The average Bonchev–Trinajstić information content (AvgIpc) is 2.24. The lowest BCUT2D eigenvalue weighted by Gasteiger charge is -2.45. The fourth-order valence-corrected chi connectivity index (χ4v) is 2.33. The monoisotopic (exact) mass is 226 g/mol. The molecule has 0 atom stereocenters. The smallest absolute Gasteiger partial charge is 0.397 e. The molecule has 0 saturated carbocycles. The van der Waals surface area contributed by atoms with Gasteiger partial charge < -0.3 is 15.0 Å². The SMILES string of the molecule is CC(C)N1CC2(CCNCC2)OC(=O)C1=O. The van der Waals surface area contributed by atoms with Gasteiger partial charge in [-0.15, -0.1) is 0 Å². The highest BCUT2D eigenvalue weighted by Crippen LogP contribution is 2.29. The van der Waals surface area contributed by atoms with Crippen molar-refractivity contribution in [2.45, 2.75) is 38.3 Å². The van der Waals surface area contributed by atoms with Crippen molar-refractivity contribution in [3.63, 3.8) is 0 Å². The van der Waals surface area contributed by atoms with Gasteiger partial charge in [-0.05, 0) is 26.9 Å². The lowest BCUT2D eigenvalue weighted by atomic mass is 9.89. The van der Waals surface area contributed by atoms with Gasteiger partial charge in [0.25, 0.3) is 0 Å². The number of hydrogen-bond donors (Lipinski definition) is 1. The summed E-state index contributed by atoms with van der Waals surface area (Å²) in [5, 5.41) is 3.23. The van der Waals surface area contributed by atoms with Gasteiger partial charge in [0.05, 0.1) is 6.54 Å². The molecule has 2 aliphatic rings. The number of nitrogens with zero attached hydrogens (tertiary/aromatic N) is 1. The number of morpholine rings is 1. The van der Waals surface area contributed by atoms with Gasteiger partial charge >= 0.3 is 11.9 Å². The first-order valence-corrected chi connectivity index (χ1v) is 5.79. The van der Waals surface area contributed by atoms with Crippen LogP contribution in [0.25, 0.3) is 0 Å². The minimum atomic E-state index is -0.693. The third kappa shape index (κ3) is 1.91. The van der Waals surface area contributed by atoms with Crippen molar-refractivity contribution in [3.05, 3.63) is 0 Å². The predicted octanol–water partition coefficient (Wildman–Crippen LogP) is -0.0976. The van der Waals surface area contributed by atoms with Gasteiger partial charge in [-0.2, -0.15) is 0 Å². The summed E-state index contributed by atoms with van der Waals surface area (Å²) in [6.07, 6.45) is 1.57. The highest BCUT2D eigenvalue weighted by molar-refractivity contribution is 6.33. The van der Waals surface area contributed by atoms with Gasteiger partial charge in [-0.25, -0.2) is 4.79 Å². The molecule has 1 N–H and O–H groups in total. The third-order valence-electron chi connectivity index (χ3n) is 3.34. The molecule has 5 heteroatoms. The fourth-order valence-electron chi connectivity index (χ4n) is 2.33. The molecule has 2 fully saturated rings. The standard InChI is InChI=1S/C11H18N2O3/c1-8(2)13-7-11(3-5-12-6-4-11)16-10(15)9(13)14/h8,12H,3-7H2,1-2H3. The van der Waals surface area contributed by atoms with Crippen molar-refractivity contribution < 1.29 is 14.3 Å². The van der Waals surface area contributed by atoms with E-state index in [1.54, 1.807) is 4.90 Å². The first-order valence-electron chi connectivity index (χ1n) is 5.79. The zero-order valence-corrected chi connectivity index (χ0v) is 9.78. The van der Waals surface area contributed by atoms with Crippen molar-refractivity contribution in [3.8, 4) is 0 Å². The summed E-state index contributed by atoms with van der Waals surface area (Å²) in [6.45, 7) is 6.06. The largest absolute Gasteiger partial charge is 0.450 e. The van der Waals surface area contributed by atoms with Gasteiger partial charge in [0.15, 0.2) is 0 Å². The van der Waals surface area contributed by atoms with Crippen LogP contribution in [0.1, 0.15) is 26.7 Å². The van der Waals surface area contributed by atoms with Gasteiger partial charge in [-0.3, -0.25) is 4.79 Å². The Morgan fingerprint density at radius 1 is 1.31 bits per heavy atom. The van der Waals surface area contributed by atoms with Crippen molar-refractivity contribution >= 4 is 11.9 Å². The molecule has 0 aromatic rings. The number of hydrogen-bond acceptors (Lipinski definition) is 4. The molecule has 2 heterocycles. The molecule has 0 bridgehead atoms. The zero-order valence-electron chi connectivity index (χ0n) is 9.78. The number of esters is 1. The molecule has 2 saturated heterocycles. The van der Waals surface area contributed by atoms with Crippen LogP contribution in [0.5, 0.6) is 0 Å². The molecule has 16 heavy (non-hydrogen) atoms. The van der Waals surface area contributed by atoms with Crippen LogP contribution in [0.15, 0.2) is 0 Å². The van der Waals surface area contributed by atoms with Crippen LogP contribution in [-0.2, 0) is 14.3 Å². The van der Waals surface area contributed by atoms with E-state index in [-0.39, 0.29) is 6.04 Å². The first-order chi connectivity index (χ1) is 7.54. The number of amides is 1. The third-order valence-corrected chi connectivity index (χ3v) is 3.34. The average molecular weight is 226 g/mol. The van der Waals surface area contributed by atoms with Crippen LogP contribution in [-0.4, -0.2) is 48.1 Å². The second-order valence-electron chi connectivity index (χ2n) is 4.85. The molecule has 1 amide bonds. The summed E-state index contributed by atoms with van der Waals surface area (Å²) < 4.78 is 5.34. The fraction of sp³-hybridized carbons (Fsp3) is 0.818. The van der Waals surface area contributed by atoms with Crippen LogP contribution in [0.4, 0.5) is 0 Å². The van der Waals surface area contributed by atoms with Gasteiger partial charge in [0.2, 0.25) is 0 Å². The number of nitrogens with one attached hydrogen (secondary N) is 1. The van der Waals surface area contributed by atoms with Gasteiger partial charge in [-0.1, -0.05) is 0 Å². The van der Waals surface area contributed by atoms with Crippen LogP contribution >= 0.6 is 0 Å². The maximum Gasteiger partial charge on any atom is 0.397 e. The van der Waals surface area contributed by atoms with E-state index < -0.39 is 17.5 Å². The van der Waals surface area contributed by atoms with E-state index in [2.05, 4.69) is 5.32 Å². The Balaban J connectivity index is 2.18. The molecule has 5 nitrogen and oxygen atoms in total. The minimum Gasteiger partial charge on any atom is -0.450 e. The van der Waals surface area contributed by atoms with Crippen LogP contribution in [0.2, 0.25) is 0 Å². The summed E-state index contributed by atoms with van der Waals surface area (Å²) in [5.74, 6) is -1.19. The molecule has 2 aliphatic heterocycles. The molecule has 0 unspecified atom stereocenters. The molecule has 90 valence electrons. The molecule has 0 radical (unpaired) electrons. The van der Waals surface area contributed by atoms with E-state index >= 15 is 0 Å². The first kappa shape index (κ1) is 11.4. The molecule has 1 spiro atoms. The highest BCUT2D eigenvalue weighted by Gasteiger charge is 2.46. The van der Waals surface area contributed by atoms with Crippen molar-refractivity contribution in [1.82, 2.24) is 10.2 Å². The van der Waals surface area contributed by atoms with Crippen molar-refractivity contribution in [2.75, 3.05) is 19.6 Å². The molecule has 0 aromatic carbocycles. The van der Waals surface area contributed by atoms with E-state index in [0.717, 1.165) is 25.9 Å². The van der Waals surface area contributed by atoms with Gasteiger partial charge in [0.1, 0.15) is 5.60 Å². The maximum atomic E-state index is 11.6. The van der Waals surface area contributed by atoms with Crippen molar-refractivity contribution in [1.29, 1.82) is 0 Å². The topological polar surface area (TPSA) is 58.6 Å². The number of piperidine rings is 1. The summed E-state index contributed by atoms with van der Waals surface area (Å²) in [5.41, 5.74) is -0.444. The lowest BCUT2D eigenvalue weighted by molar-refractivity contribution is -0.189. The van der Waals surface area contributed by atoms with E-state index in [9.17, 15) is 9.59 Å². The highest BCUT2D eigenvalue weighted by atomic mass is 16.6. The maximum absolute atomic E-state index is 11.6. The molecule has 2 rings (SSSR count). The normalized spacial score (nSPS) is 25.1. The number of rotatable bonds is 1. The Kier molecular flexibility index (Phi) is 2.88. The number of carbonyl (C=O) groups excluding carboxylic acids is 2. The summed E-state index contributed by atoms with van der Waals surface area (Å²) in [7, 11) is 0. The summed E-state index contributed by atoms with van der Waals surface area (Å²) >= 11 is 0. The lowest BCUT2D eigenvalue weighted by Crippen LogP contribution is -2.61. The summed E-state index contributed by atoms with van der Waals surface area (Å²) in [6, 6.07) is 0.0483. The summed E-state index contributed by atoms with van der Waals surface area (Å²) in [4.78, 5) is 24.8. The molecular formula is C11H18N2O3. The van der Waals surface area contributed by atoms with E-state index in [1.165, 1.54) is 0 Å². The second kappa shape index (κ2) is 4.05. The quantitative estimate of drug-likeness (QED) is 0.501. The van der Waals surface area contributed by atoms with E-state index in [1.807, 2.05) is 13.8 Å². The van der Waals surface area contributed by atoms with E-state index in [4.69, 9.17) is 4.74 Å². The van der Waals surface area contributed by atoms with Crippen molar-refractivity contribution in [2.24, 2.45) is 0 Å². The number of carbonyl (C=O) groups is 2. The van der Waals surface area contributed by atoms with E-state index in [0.29, 0.717) is 6.54 Å².